The molecule has 0 aliphatic rings. The van der Waals surface area contributed by atoms with E-state index >= 15 is 0 Å². The summed E-state index contributed by atoms with van der Waals surface area (Å²) in [5.41, 5.74) is 3.32. The molecule has 1 aromatic heterocycles. The number of rotatable bonds is 4. The molecule has 88 valence electrons. The first-order chi connectivity index (χ1) is 7.56. The minimum Gasteiger partial charge on any atom is -0.393 e. The van der Waals surface area contributed by atoms with Crippen LogP contribution in [0.15, 0.2) is 0 Å². The molecule has 0 aliphatic carbocycles. The number of aromatic nitrogens is 2. The molecule has 1 aromatic rings. The number of aliphatic hydroxyl groups excluding tert-OH is 1. The standard InChI is InChI=1S/C13H20N2O/c1-5-6-7-8-12(16)9-13-10(2)14-15(4)11(13)3/h12,16H,7-9H2,1-4H3. The molecule has 1 unspecified atom stereocenters. The van der Waals surface area contributed by atoms with Crippen molar-refractivity contribution in [2.45, 2.75) is 46.1 Å². The highest BCUT2D eigenvalue weighted by atomic mass is 16.3. The van der Waals surface area contributed by atoms with Crippen LogP contribution in [0.2, 0.25) is 0 Å². The minimum absolute atomic E-state index is 0.317. The molecule has 0 amide bonds. The summed E-state index contributed by atoms with van der Waals surface area (Å²) in [7, 11) is 1.93. The molecular formula is C13H20N2O. The summed E-state index contributed by atoms with van der Waals surface area (Å²) in [5, 5.41) is 14.2. The Morgan fingerprint density at radius 1 is 1.44 bits per heavy atom. The molecule has 0 aromatic carbocycles. The van der Waals surface area contributed by atoms with Crippen molar-refractivity contribution in [1.29, 1.82) is 0 Å². The molecule has 0 fully saturated rings. The van der Waals surface area contributed by atoms with Gasteiger partial charge < -0.3 is 5.11 Å². The number of aryl methyl sites for hydroxylation is 2. The first kappa shape index (κ1) is 12.8. The van der Waals surface area contributed by atoms with Crippen LogP contribution in [0.25, 0.3) is 0 Å². The lowest BCUT2D eigenvalue weighted by Gasteiger charge is -2.09. The van der Waals surface area contributed by atoms with Crippen LogP contribution < -0.4 is 0 Å². The Kier molecular flexibility index (Phi) is 4.57. The lowest BCUT2D eigenvalue weighted by Crippen LogP contribution is -2.11. The molecule has 1 N–H and O–H groups in total. The fourth-order valence-electron chi connectivity index (χ4n) is 1.81. The van der Waals surface area contributed by atoms with Crippen molar-refractivity contribution in [1.82, 2.24) is 9.78 Å². The van der Waals surface area contributed by atoms with E-state index in [9.17, 15) is 5.11 Å². The molecule has 1 rings (SSSR count). The van der Waals surface area contributed by atoms with Crippen LogP contribution in [0.3, 0.4) is 0 Å². The van der Waals surface area contributed by atoms with E-state index < -0.39 is 0 Å². The van der Waals surface area contributed by atoms with Crippen LogP contribution in [0, 0.1) is 25.7 Å². The maximum Gasteiger partial charge on any atom is 0.0629 e. The predicted molar refractivity (Wildman–Crippen MR) is 65.1 cm³/mol. The topological polar surface area (TPSA) is 38.1 Å². The maximum atomic E-state index is 9.88. The van der Waals surface area contributed by atoms with Gasteiger partial charge in [0.25, 0.3) is 0 Å². The zero-order chi connectivity index (χ0) is 12.1. The summed E-state index contributed by atoms with van der Waals surface area (Å²) in [6, 6.07) is 0. The summed E-state index contributed by atoms with van der Waals surface area (Å²) >= 11 is 0. The Labute approximate surface area is 97.5 Å². The van der Waals surface area contributed by atoms with Gasteiger partial charge in [-0.1, -0.05) is 0 Å². The SMILES string of the molecule is CC#CCCC(O)Cc1c(C)nn(C)c1C. The first-order valence-corrected chi connectivity index (χ1v) is 5.63. The Morgan fingerprint density at radius 3 is 2.62 bits per heavy atom. The summed E-state index contributed by atoms with van der Waals surface area (Å²) in [6.45, 7) is 5.84. The van der Waals surface area contributed by atoms with Gasteiger partial charge in [0.1, 0.15) is 0 Å². The third kappa shape index (κ3) is 3.11. The molecule has 0 spiro atoms. The van der Waals surface area contributed by atoms with Crippen molar-refractivity contribution >= 4 is 0 Å². The lowest BCUT2D eigenvalue weighted by atomic mass is 10.0. The second-order valence-electron chi connectivity index (χ2n) is 4.10. The van der Waals surface area contributed by atoms with Gasteiger partial charge in [0, 0.05) is 25.6 Å². The van der Waals surface area contributed by atoms with E-state index in [1.807, 2.05) is 32.5 Å². The van der Waals surface area contributed by atoms with Gasteiger partial charge in [0.05, 0.1) is 11.8 Å². The number of hydrogen-bond acceptors (Lipinski definition) is 2. The van der Waals surface area contributed by atoms with Crippen LogP contribution in [-0.2, 0) is 13.5 Å². The van der Waals surface area contributed by atoms with Crippen LogP contribution in [0.4, 0.5) is 0 Å². The average Bonchev–Trinajstić information content (AvgIpc) is 2.46. The van der Waals surface area contributed by atoms with E-state index in [0.717, 1.165) is 24.2 Å². The highest BCUT2D eigenvalue weighted by Gasteiger charge is 2.13. The van der Waals surface area contributed by atoms with Crippen molar-refractivity contribution in [3.05, 3.63) is 17.0 Å². The monoisotopic (exact) mass is 220 g/mol. The maximum absolute atomic E-state index is 9.88. The highest BCUT2D eigenvalue weighted by molar-refractivity contribution is 5.25. The van der Waals surface area contributed by atoms with Gasteiger partial charge in [-0.3, -0.25) is 4.68 Å². The second kappa shape index (κ2) is 5.72. The van der Waals surface area contributed by atoms with Gasteiger partial charge in [-0.05, 0) is 32.8 Å². The van der Waals surface area contributed by atoms with Crippen molar-refractivity contribution in [3.8, 4) is 11.8 Å². The third-order valence-electron chi connectivity index (χ3n) is 2.88. The molecule has 3 heteroatoms. The molecule has 0 aliphatic heterocycles. The second-order valence-corrected chi connectivity index (χ2v) is 4.10. The molecule has 16 heavy (non-hydrogen) atoms. The van der Waals surface area contributed by atoms with E-state index in [4.69, 9.17) is 0 Å². The van der Waals surface area contributed by atoms with E-state index in [1.54, 1.807) is 0 Å². The fraction of sp³-hybridized carbons (Fsp3) is 0.615. The molecule has 0 saturated carbocycles. The van der Waals surface area contributed by atoms with Crippen LogP contribution in [0.5, 0.6) is 0 Å². The average molecular weight is 220 g/mol. The Bertz CT molecular complexity index is 410. The molecule has 1 heterocycles. The van der Waals surface area contributed by atoms with E-state index in [0.29, 0.717) is 6.42 Å². The summed E-state index contributed by atoms with van der Waals surface area (Å²) in [5.74, 6) is 5.80. The molecule has 0 saturated heterocycles. The van der Waals surface area contributed by atoms with Gasteiger partial charge in [0.15, 0.2) is 0 Å². The van der Waals surface area contributed by atoms with Gasteiger partial charge in [0.2, 0.25) is 0 Å². The molecular weight excluding hydrogens is 200 g/mol. The zero-order valence-corrected chi connectivity index (χ0v) is 10.5. The third-order valence-corrected chi connectivity index (χ3v) is 2.88. The predicted octanol–water partition coefficient (Wildman–Crippen LogP) is 1.74. The summed E-state index contributed by atoms with van der Waals surface area (Å²) in [4.78, 5) is 0. The van der Waals surface area contributed by atoms with Crippen molar-refractivity contribution in [2.75, 3.05) is 0 Å². The van der Waals surface area contributed by atoms with E-state index in [1.165, 1.54) is 5.56 Å². The van der Waals surface area contributed by atoms with Crippen LogP contribution in [-0.4, -0.2) is 21.0 Å². The highest BCUT2D eigenvalue weighted by Crippen LogP contribution is 2.15. The zero-order valence-electron chi connectivity index (χ0n) is 10.5. The first-order valence-electron chi connectivity index (χ1n) is 5.63. The van der Waals surface area contributed by atoms with Crippen molar-refractivity contribution in [3.63, 3.8) is 0 Å². The Morgan fingerprint density at radius 2 is 2.12 bits per heavy atom. The van der Waals surface area contributed by atoms with Gasteiger partial charge >= 0.3 is 0 Å². The number of nitrogens with zero attached hydrogens (tertiary/aromatic N) is 2. The molecule has 0 radical (unpaired) electrons. The smallest absolute Gasteiger partial charge is 0.0629 e. The van der Waals surface area contributed by atoms with E-state index in [2.05, 4.69) is 16.9 Å². The normalized spacial score (nSPS) is 12.1. The summed E-state index contributed by atoms with van der Waals surface area (Å²) < 4.78 is 1.86. The summed E-state index contributed by atoms with van der Waals surface area (Å²) in [6.07, 6.45) is 1.85. The molecule has 0 bridgehead atoms. The Hall–Kier alpha value is -1.27. The lowest BCUT2D eigenvalue weighted by molar-refractivity contribution is 0.166. The number of hydrogen-bond donors (Lipinski definition) is 1. The van der Waals surface area contributed by atoms with Crippen LogP contribution >= 0.6 is 0 Å². The Balaban J connectivity index is 2.61. The van der Waals surface area contributed by atoms with Gasteiger partial charge in [-0.15, -0.1) is 11.8 Å². The van der Waals surface area contributed by atoms with Crippen LogP contribution in [0.1, 0.15) is 36.7 Å². The number of aliphatic hydroxyl groups is 1. The quantitative estimate of drug-likeness (QED) is 0.785. The van der Waals surface area contributed by atoms with E-state index in [-0.39, 0.29) is 6.10 Å². The van der Waals surface area contributed by atoms with Gasteiger partial charge in [-0.2, -0.15) is 5.10 Å². The van der Waals surface area contributed by atoms with Gasteiger partial charge in [-0.25, -0.2) is 0 Å². The van der Waals surface area contributed by atoms with Crippen molar-refractivity contribution < 1.29 is 5.11 Å². The largest absolute Gasteiger partial charge is 0.393 e. The molecule has 3 nitrogen and oxygen atoms in total. The van der Waals surface area contributed by atoms with Crippen molar-refractivity contribution in [2.24, 2.45) is 7.05 Å². The fourth-order valence-corrected chi connectivity index (χ4v) is 1.81. The minimum atomic E-state index is -0.317. The molecule has 1 atom stereocenters.